The second-order valence-corrected chi connectivity index (χ2v) is 7.06. The Bertz CT molecular complexity index is 1120. The molecule has 0 fully saturated rings. The van der Waals surface area contributed by atoms with Crippen LogP contribution in [0.1, 0.15) is 29.3 Å². The van der Waals surface area contributed by atoms with Gasteiger partial charge in [0.1, 0.15) is 11.8 Å². The summed E-state index contributed by atoms with van der Waals surface area (Å²) in [6, 6.07) is 18.4. The molecule has 0 bridgehead atoms. The van der Waals surface area contributed by atoms with E-state index < -0.39 is 0 Å². The lowest BCUT2D eigenvalue weighted by molar-refractivity contribution is -0.118. The van der Waals surface area contributed by atoms with Gasteiger partial charge in [0.2, 0.25) is 5.91 Å². The molecule has 7 heteroatoms. The second-order valence-electron chi connectivity index (χ2n) is 7.06. The molecule has 3 aromatic rings. The van der Waals surface area contributed by atoms with Gasteiger partial charge < -0.3 is 15.0 Å². The summed E-state index contributed by atoms with van der Waals surface area (Å²) in [5, 5.41) is 11.8. The van der Waals surface area contributed by atoms with E-state index in [1.165, 1.54) is 4.90 Å². The lowest BCUT2D eigenvalue weighted by atomic mass is 10.0. The van der Waals surface area contributed by atoms with Crippen molar-refractivity contribution in [2.45, 2.75) is 19.9 Å². The summed E-state index contributed by atoms with van der Waals surface area (Å²) in [7, 11) is 1.68. The molecule has 2 aromatic carbocycles. The first-order chi connectivity index (χ1) is 15.5. The Kier molecular flexibility index (Phi) is 7.55. The number of amides is 2. The van der Waals surface area contributed by atoms with Crippen LogP contribution in [0, 0.1) is 11.3 Å². The molecule has 0 unspecified atom stereocenters. The molecular formula is C25H24N4O3. The van der Waals surface area contributed by atoms with Gasteiger partial charge in [-0.05, 0) is 47.0 Å². The van der Waals surface area contributed by atoms with E-state index in [0.717, 1.165) is 16.7 Å². The zero-order chi connectivity index (χ0) is 22.9. The van der Waals surface area contributed by atoms with E-state index in [1.807, 2.05) is 36.4 Å². The Labute approximate surface area is 187 Å². The van der Waals surface area contributed by atoms with Gasteiger partial charge in [0.15, 0.2) is 6.61 Å². The van der Waals surface area contributed by atoms with Crippen LogP contribution in [0.2, 0.25) is 0 Å². The van der Waals surface area contributed by atoms with Gasteiger partial charge >= 0.3 is 0 Å². The molecule has 0 saturated carbocycles. The fourth-order valence-corrected chi connectivity index (χ4v) is 3.17. The minimum absolute atomic E-state index is 0.0544. The van der Waals surface area contributed by atoms with Crippen molar-refractivity contribution >= 4 is 17.5 Å². The number of carbonyl (C=O) groups is 2. The van der Waals surface area contributed by atoms with Gasteiger partial charge in [-0.3, -0.25) is 14.6 Å². The molecule has 0 aliphatic heterocycles. The number of pyridine rings is 1. The molecule has 0 radical (unpaired) electrons. The summed E-state index contributed by atoms with van der Waals surface area (Å²) < 4.78 is 5.58. The lowest BCUT2D eigenvalue weighted by Crippen LogP contribution is -2.25. The molecule has 0 atom stereocenters. The van der Waals surface area contributed by atoms with Crippen molar-refractivity contribution in [3.8, 4) is 22.9 Å². The first-order valence-corrected chi connectivity index (χ1v) is 10.2. The molecule has 0 aliphatic rings. The Balaban J connectivity index is 1.77. The largest absolute Gasteiger partial charge is 0.477 e. The quantitative estimate of drug-likeness (QED) is 0.586. The third kappa shape index (κ3) is 5.49. The predicted molar refractivity (Wildman–Crippen MR) is 122 cm³/mol. The fourth-order valence-electron chi connectivity index (χ4n) is 3.17. The molecule has 7 nitrogen and oxygen atoms in total. The molecule has 0 saturated heterocycles. The van der Waals surface area contributed by atoms with Crippen molar-refractivity contribution in [1.29, 1.82) is 5.26 Å². The smallest absolute Gasteiger partial charge is 0.251 e. The number of ether oxygens (including phenoxy) is 1. The average Bonchev–Trinajstić information content (AvgIpc) is 2.85. The zero-order valence-corrected chi connectivity index (χ0v) is 18.0. The van der Waals surface area contributed by atoms with Crippen molar-refractivity contribution in [3.63, 3.8) is 0 Å². The third-order valence-electron chi connectivity index (χ3n) is 4.95. The number of benzene rings is 2. The fraction of sp³-hybridized carbons (Fsp3) is 0.200. The van der Waals surface area contributed by atoms with Crippen LogP contribution in [0.25, 0.3) is 11.1 Å². The van der Waals surface area contributed by atoms with Crippen LogP contribution in [0.3, 0.4) is 0 Å². The first-order valence-electron chi connectivity index (χ1n) is 10.2. The van der Waals surface area contributed by atoms with Crippen molar-refractivity contribution < 1.29 is 14.3 Å². The molecule has 3 rings (SSSR count). The molecule has 1 aromatic heterocycles. The van der Waals surface area contributed by atoms with Crippen molar-refractivity contribution in [2.75, 3.05) is 18.6 Å². The standard InChI is InChI=1S/C25H24N4O3/c1-3-24(30)29(2)22-11-10-21(15-23(22)32-14-12-26)19-6-8-20(9-7-19)25(31)28-17-18-5-4-13-27-16-18/h4-11,13,15-16H,3,14,17H2,1-2H3,(H,28,31). The lowest BCUT2D eigenvalue weighted by Gasteiger charge is -2.20. The first kappa shape index (κ1) is 22.5. The number of aromatic nitrogens is 1. The summed E-state index contributed by atoms with van der Waals surface area (Å²) in [6.07, 6.45) is 3.76. The highest BCUT2D eigenvalue weighted by Gasteiger charge is 2.15. The van der Waals surface area contributed by atoms with E-state index in [9.17, 15) is 9.59 Å². The highest BCUT2D eigenvalue weighted by atomic mass is 16.5. The highest BCUT2D eigenvalue weighted by Crippen LogP contribution is 2.33. The molecule has 0 spiro atoms. The maximum Gasteiger partial charge on any atom is 0.251 e. The van der Waals surface area contributed by atoms with Crippen LogP contribution in [0.15, 0.2) is 67.0 Å². The number of nitrogens with one attached hydrogen (secondary N) is 1. The Morgan fingerprint density at radius 3 is 2.53 bits per heavy atom. The molecule has 162 valence electrons. The Morgan fingerprint density at radius 1 is 1.12 bits per heavy atom. The van der Waals surface area contributed by atoms with Crippen LogP contribution in [0.4, 0.5) is 5.69 Å². The van der Waals surface area contributed by atoms with Crippen LogP contribution in [-0.4, -0.2) is 30.5 Å². The van der Waals surface area contributed by atoms with Crippen molar-refractivity contribution in [1.82, 2.24) is 10.3 Å². The minimum atomic E-state index is -0.173. The predicted octanol–water partition coefficient (Wildman–Crippen LogP) is 3.95. The number of rotatable bonds is 8. The minimum Gasteiger partial charge on any atom is -0.477 e. The van der Waals surface area contributed by atoms with Gasteiger partial charge in [-0.2, -0.15) is 5.26 Å². The van der Waals surface area contributed by atoms with E-state index in [0.29, 0.717) is 30.0 Å². The summed E-state index contributed by atoms with van der Waals surface area (Å²) >= 11 is 0. The highest BCUT2D eigenvalue weighted by molar-refractivity contribution is 5.95. The Morgan fingerprint density at radius 2 is 1.88 bits per heavy atom. The third-order valence-corrected chi connectivity index (χ3v) is 4.95. The Hall–Kier alpha value is -4.18. The van der Waals surface area contributed by atoms with E-state index in [-0.39, 0.29) is 18.4 Å². The van der Waals surface area contributed by atoms with Crippen LogP contribution in [-0.2, 0) is 11.3 Å². The van der Waals surface area contributed by atoms with Gasteiger partial charge in [0.05, 0.1) is 5.69 Å². The van der Waals surface area contributed by atoms with E-state index in [2.05, 4.69) is 10.3 Å². The molecular weight excluding hydrogens is 404 g/mol. The average molecular weight is 428 g/mol. The van der Waals surface area contributed by atoms with Gasteiger partial charge in [-0.15, -0.1) is 0 Å². The normalized spacial score (nSPS) is 10.2. The van der Waals surface area contributed by atoms with Gasteiger partial charge in [-0.25, -0.2) is 0 Å². The van der Waals surface area contributed by atoms with E-state index in [1.54, 1.807) is 50.6 Å². The van der Waals surface area contributed by atoms with Gasteiger partial charge in [-0.1, -0.05) is 31.2 Å². The zero-order valence-electron chi connectivity index (χ0n) is 18.0. The van der Waals surface area contributed by atoms with Crippen molar-refractivity contribution in [3.05, 3.63) is 78.1 Å². The van der Waals surface area contributed by atoms with E-state index >= 15 is 0 Å². The molecule has 1 heterocycles. The summed E-state index contributed by atoms with van der Waals surface area (Å²) in [6.45, 7) is 2.07. The maximum atomic E-state index is 12.4. The molecule has 1 N–H and O–H groups in total. The van der Waals surface area contributed by atoms with E-state index in [4.69, 9.17) is 10.00 Å². The van der Waals surface area contributed by atoms with Crippen LogP contribution in [0.5, 0.6) is 5.75 Å². The number of carbonyl (C=O) groups excluding carboxylic acids is 2. The number of anilines is 1. The summed E-state index contributed by atoms with van der Waals surface area (Å²) in [5.74, 6) is 0.223. The van der Waals surface area contributed by atoms with Gasteiger partial charge in [0.25, 0.3) is 5.91 Å². The molecule has 32 heavy (non-hydrogen) atoms. The number of hydrogen-bond donors (Lipinski definition) is 1. The van der Waals surface area contributed by atoms with Crippen molar-refractivity contribution in [2.24, 2.45) is 0 Å². The molecule has 2 amide bonds. The number of nitriles is 1. The monoisotopic (exact) mass is 428 g/mol. The van der Waals surface area contributed by atoms with Crippen LogP contribution >= 0.6 is 0 Å². The second kappa shape index (κ2) is 10.7. The topological polar surface area (TPSA) is 95.3 Å². The summed E-state index contributed by atoms with van der Waals surface area (Å²) in [5.41, 5.74) is 3.80. The molecule has 0 aliphatic carbocycles. The summed E-state index contributed by atoms with van der Waals surface area (Å²) in [4.78, 5) is 30.1. The SMILES string of the molecule is CCC(=O)N(C)c1ccc(-c2ccc(C(=O)NCc3cccnc3)cc2)cc1OCC#N. The number of nitrogens with zero attached hydrogens (tertiary/aromatic N) is 3. The van der Waals surface area contributed by atoms with Gasteiger partial charge in [0, 0.05) is 38.0 Å². The number of hydrogen-bond acceptors (Lipinski definition) is 5. The van der Waals surface area contributed by atoms with Crippen LogP contribution < -0.4 is 15.0 Å². The maximum absolute atomic E-state index is 12.4.